The first-order valence-electron chi connectivity index (χ1n) is 9.58. The molecule has 0 unspecified atom stereocenters. The molecule has 0 aliphatic carbocycles. The Bertz CT molecular complexity index is 888. The second-order valence-electron chi connectivity index (χ2n) is 7.22. The van der Waals surface area contributed by atoms with Crippen LogP contribution in [0, 0.1) is 0 Å². The fourth-order valence-electron chi connectivity index (χ4n) is 3.60. The number of nitrogens with one attached hydrogen (secondary N) is 2. The van der Waals surface area contributed by atoms with Crippen molar-refractivity contribution in [3.63, 3.8) is 0 Å². The smallest absolute Gasteiger partial charge is 0.282 e. The highest BCUT2D eigenvalue weighted by Crippen LogP contribution is 2.18. The molecule has 1 aliphatic rings. The standard InChI is InChI=1S/C21H23ClN4O2/c1-27-19-8-2-16(3-9-19)14-25-10-12-26(13-11-25)15-20-23-21(24-28-20)17-4-6-18(22)7-5-17/h2-9H,10-15H2,1H3/p+2. The van der Waals surface area contributed by atoms with Gasteiger partial charge in [0.1, 0.15) is 38.5 Å². The summed E-state index contributed by atoms with van der Waals surface area (Å²) in [5.41, 5.74) is 2.27. The minimum Gasteiger partial charge on any atom is -0.497 e. The van der Waals surface area contributed by atoms with Gasteiger partial charge in [-0.3, -0.25) is 0 Å². The van der Waals surface area contributed by atoms with E-state index in [9.17, 15) is 0 Å². The Morgan fingerprint density at radius 3 is 2.21 bits per heavy atom. The third-order valence-corrected chi connectivity index (χ3v) is 5.50. The number of aromatic nitrogens is 2. The maximum atomic E-state index is 5.93. The topological polar surface area (TPSA) is 57.0 Å². The van der Waals surface area contributed by atoms with E-state index < -0.39 is 0 Å². The predicted molar refractivity (Wildman–Crippen MR) is 107 cm³/mol. The third-order valence-electron chi connectivity index (χ3n) is 5.25. The molecule has 0 radical (unpaired) electrons. The zero-order chi connectivity index (χ0) is 19.3. The van der Waals surface area contributed by atoms with Crippen LogP contribution in [0.25, 0.3) is 11.4 Å². The van der Waals surface area contributed by atoms with Crippen LogP contribution >= 0.6 is 11.6 Å². The van der Waals surface area contributed by atoms with Crippen LogP contribution in [0.1, 0.15) is 11.5 Å². The lowest BCUT2D eigenvalue weighted by molar-refractivity contribution is -1.02. The minimum atomic E-state index is 0.620. The molecule has 2 heterocycles. The van der Waals surface area contributed by atoms with Gasteiger partial charge in [0.25, 0.3) is 5.89 Å². The summed E-state index contributed by atoms with van der Waals surface area (Å²) in [5.74, 6) is 2.22. The molecule has 2 aromatic carbocycles. The SMILES string of the molecule is COc1ccc(C[NH+]2CC[NH+](Cc3nc(-c4ccc(Cl)cc4)no3)CC2)cc1. The van der Waals surface area contributed by atoms with Gasteiger partial charge in [0.05, 0.1) is 7.11 Å². The summed E-state index contributed by atoms with van der Waals surface area (Å²) in [5, 5.41) is 4.81. The number of quaternary nitrogens is 2. The summed E-state index contributed by atoms with van der Waals surface area (Å²) in [6.07, 6.45) is 0. The van der Waals surface area contributed by atoms with Crippen LogP contribution in [0.5, 0.6) is 5.75 Å². The first-order valence-corrected chi connectivity index (χ1v) is 9.96. The van der Waals surface area contributed by atoms with Crippen molar-refractivity contribution in [3.8, 4) is 17.1 Å². The number of ether oxygens (including phenoxy) is 1. The molecule has 2 N–H and O–H groups in total. The second kappa shape index (κ2) is 8.73. The Morgan fingerprint density at radius 1 is 0.929 bits per heavy atom. The maximum absolute atomic E-state index is 5.93. The van der Waals surface area contributed by atoms with Gasteiger partial charge in [0, 0.05) is 16.1 Å². The number of hydrogen-bond donors (Lipinski definition) is 2. The number of halogens is 1. The molecule has 7 heteroatoms. The van der Waals surface area contributed by atoms with Crippen LogP contribution in [0.3, 0.4) is 0 Å². The summed E-state index contributed by atoms with van der Waals surface area (Å²) in [7, 11) is 1.70. The van der Waals surface area contributed by atoms with E-state index in [0.717, 1.165) is 50.6 Å². The first kappa shape index (κ1) is 18.9. The average molecular weight is 401 g/mol. The van der Waals surface area contributed by atoms with E-state index in [1.807, 2.05) is 36.4 Å². The summed E-state index contributed by atoms with van der Waals surface area (Å²) in [6, 6.07) is 15.9. The van der Waals surface area contributed by atoms with E-state index in [-0.39, 0.29) is 0 Å². The van der Waals surface area contributed by atoms with Crippen molar-refractivity contribution in [1.29, 1.82) is 0 Å². The number of nitrogens with zero attached hydrogens (tertiary/aromatic N) is 2. The molecule has 6 nitrogen and oxygen atoms in total. The number of rotatable bonds is 6. The van der Waals surface area contributed by atoms with Crippen molar-refractivity contribution in [3.05, 3.63) is 65.0 Å². The summed E-state index contributed by atoms with van der Waals surface area (Å²) < 4.78 is 10.7. The Morgan fingerprint density at radius 2 is 1.57 bits per heavy atom. The largest absolute Gasteiger partial charge is 0.497 e. The molecule has 0 saturated carbocycles. The van der Waals surface area contributed by atoms with E-state index in [1.165, 1.54) is 10.5 Å². The second-order valence-corrected chi connectivity index (χ2v) is 7.66. The van der Waals surface area contributed by atoms with E-state index in [1.54, 1.807) is 12.0 Å². The molecule has 1 fully saturated rings. The molecule has 4 rings (SSSR count). The quantitative estimate of drug-likeness (QED) is 0.645. The molecule has 0 atom stereocenters. The van der Waals surface area contributed by atoms with Crippen molar-refractivity contribution < 1.29 is 19.1 Å². The Kier molecular flexibility index (Phi) is 5.90. The number of hydrogen-bond acceptors (Lipinski definition) is 4. The van der Waals surface area contributed by atoms with Crippen LogP contribution in [-0.2, 0) is 13.1 Å². The van der Waals surface area contributed by atoms with Crippen molar-refractivity contribution in [1.82, 2.24) is 10.1 Å². The van der Waals surface area contributed by atoms with E-state index in [0.29, 0.717) is 16.7 Å². The maximum Gasteiger partial charge on any atom is 0.282 e. The van der Waals surface area contributed by atoms with Gasteiger partial charge in [0.15, 0.2) is 6.54 Å². The Balaban J connectivity index is 1.28. The molecular weight excluding hydrogens is 376 g/mol. The van der Waals surface area contributed by atoms with Crippen molar-refractivity contribution >= 4 is 11.6 Å². The van der Waals surface area contributed by atoms with Crippen LogP contribution in [0.15, 0.2) is 53.1 Å². The summed E-state index contributed by atoms with van der Waals surface area (Å²) in [4.78, 5) is 7.65. The average Bonchev–Trinajstić information content (AvgIpc) is 3.19. The molecule has 1 aromatic heterocycles. The molecule has 0 spiro atoms. The van der Waals surface area contributed by atoms with Gasteiger partial charge in [0.2, 0.25) is 5.82 Å². The van der Waals surface area contributed by atoms with E-state index in [2.05, 4.69) is 22.3 Å². The van der Waals surface area contributed by atoms with Crippen LogP contribution in [0.4, 0.5) is 0 Å². The number of benzene rings is 2. The normalized spacial score (nSPS) is 19.5. The highest BCUT2D eigenvalue weighted by Gasteiger charge is 2.25. The lowest BCUT2D eigenvalue weighted by Gasteiger charge is -2.29. The number of piperazine rings is 1. The molecular formula is C21H25ClN4O2+2. The highest BCUT2D eigenvalue weighted by molar-refractivity contribution is 6.30. The van der Waals surface area contributed by atoms with E-state index in [4.69, 9.17) is 20.9 Å². The van der Waals surface area contributed by atoms with Gasteiger partial charge >= 0.3 is 0 Å². The lowest BCUT2D eigenvalue weighted by atomic mass is 10.2. The van der Waals surface area contributed by atoms with E-state index >= 15 is 0 Å². The summed E-state index contributed by atoms with van der Waals surface area (Å²) >= 11 is 5.93. The first-order chi connectivity index (χ1) is 13.7. The van der Waals surface area contributed by atoms with Crippen molar-refractivity contribution in [2.45, 2.75) is 13.1 Å². The monoisotopic (exact) mass is 400 g/mol. The van der Waals surface area contributed by atoms with Gasteiger partial charge in [-0.15, -0.1) is 0 Å². The molecule has 0 bridgehead atoms. The summed E-state index contributed by atoms with van der Waals surface area (Å²) in [6.45, 7) is 6.31. The molecule has 3 aromatic rings. The third kappa shape index (κ3) is 4.70. The predicted octanol–water partition coefficient (Wildman–Crippen LogP) is 0.882. The zero-order valence-corrected chi connectivity index (χ0v) is 16.7. The molecule has 1 saturated heterocycles. The Labute approximate surface area is 169 Å². The van der Waals surface area contributed by atoms with Gasteiger partial charge < -0.3 is 19.1 Å². The van der Waals surface area contributed by atoms with Crippen LogP contribution < -0.4 is 14.5 Å². The lowest BCUT2D eigenvalue weighted by Crippen LogP contribution is -3.27. The minimum absolute atomic E-state index is 0.620. The number of methoxy groups -OCH3 is 1. The van der Waals surface area contributed by atoms with Gasteiger partial charge in [-0.2, -0.15) is 4.98 Å². The highest BCUT2D eigenvalue weighted by atomic mass is 35.5. The fourth-order valence-corrected chi connectivity index (χ4v) is 3.73. The molecule has 0 amide bonds. The van der Waals surface area contributed by atoms with Crippen molar-refractivity contribution in [2.24, 2.45) is 0 Å². The molecule has 1 aliphatic heterocycles. The van der Waals surface area contributed by atoms with Gasteiger partial charge in [-0.25, -0.2) is 0 Å². The molecule has 146 valence electrons. The van der Waals surface area contributed by atoms with Crippen molar-refractivity contribution in [2.75, 3.05) is 33.3 Å². The molecule has 28 heavy (non-hydrogen) atoms. The Hall–Kier alpha value is -2.41. The fraction of sp³-hybridized carbons (Fsp3) is 0.333. The van der Waals surface area contributed by atoms with Crippen LogP contribution in [-0.4, -0.2) is 43.4 Å². The van der Waals surface area contributed by atoms with Gasteiger partial charge in [-0.05, 0) is 48.5 Å². The zero-order valence-electron chi connectivity index (χ0n) is 16.0. The van der Waals surface area contributed by atoms with Gasteiger partial charge in [-0.1, -0.05) is 16.8 Å². The van der Waals surface area contributed by atoms with Crippen LogP contribution in [0.2, 0.25) is 5.02 Å².